The van der Waals surface area contributed by atoms with Crippen LogP contribution in [-0.2, 0) is 11.3 Å². The fourth-order valence-electron chi connectivity index (χ4n) is 1.74. The van der Waals surface area contributed by atoms with Gasteiger partial charge in [-0.3, -0.25) is 4.79 Å². The summed E-state index contributed by atoms with van der Waals surface area (Å²) in [5.74, 6) is 0.119. The average molecular weight is 252 g/mol. The van der Waals surface area contributed by atoms with Crippen molar-refractivity contribution in [2.24, 2.45) is 0 Å². The Balaban J connectivity index is 2.11. The minimum Gasteiger partial charge on any atom is -0.352 e. The highest BCUT2D eigenvalue weighted by molar-refractivity contribution is 5.76. The second-order valence-corrected chi connectivity index (χ2v) is 4.94. The van der Waals surface area contributed by atoms with E-state index in [-0.39, 0.29) is 11.9 Å². The normalized spacial score (nSPS) is 12.7. The molecule has 0 aliphatic heterocycles. The molecule has 18 heavy (non-hydrogen) atoms. The van der Waals surface area contributed by atoms with Crippen LogP contribution >= 0.6 is 0 Å². The van der Waals surface area contributed by atoms with E-state index in [1.54, 1.807) is 12.5 Å². The molecule has 0 radical (unpaired) electrons. The van der Waals surface area contributed by atoms with Crippen LogP contribution in [0.1, 0.15) is 33.6 Å². The summed E-state index contributed by atoms with van der Waals surface area (Å²) in [5, 5.41) is 6.29. The lowest BCUT2D eigenvalue weighted by Gasteiger charge is -2.14. The first kappa shape index (κ1) is 14.7. The topological polar surface area (TPSA) is 59.0 Å². The molecule has 0 saturated carbocycles. The second-order valence-electron chi connectivity index (χ2n) is 4.94. The zero-order valence-corrected chi connectivity index (χ0v) is 11.5. The second kappa shape index (κ2) is 7.87. The number of rotatable bonds is 8. The Morgan fingerprint density at radius 2 is 2.17 bits per heavy atom. The number of aromatic nitrogens is 2. The number of imidazole rings is 1. The van der Waals surface area contributed by atoms with E-state index >= 15 is 0 Å². The quantitative estimate of drug-likeness (QED) is 0.683. The zero-order chi connectivity index (χ0) is 13.4. The molecular weight excluding hydrogens is 228 g/mol. The zero-order valence-electron chi connectivity index (χ0n) is 11.5. The van der Waals surface area contributed by atoms with Gasteiger partial charge in [-0.25, -0.2) is 4.98 Å². The van der Waals surface area contributed by atoms with Crippen LogP contribution in [0.25, 0.3) is 0 Å². The summed E-state index contributed by atoms with van der Waals surface area (Å²) in [4.78, 5) is 15.6. The van der Waals surface area contributed by atoms with Gasteiger partial charge in [0.05, 0.1) is 6.33 Å². The lowest BCUT2D eigenvalue weighted by molar-refractivity contribution is -0.121. The van der Waals surface area contributed by atoms with Crippen molar-refractivity contribution in [2.75, 3.05) is 6.54 Å². The van der Waals surface area contributed by atoms with E-state index in [4.69, 9.17) is 0 Å². The molecule has 0 fully saturated rings. The van der Waals surface area contributed by atoms with Crippen molar-refractivity contribution in [3.63, 3.8) is 0 Å². The first-order chi connectivity index (χ1) is 8.58. The first-order valence-electron chi connectivity index (χ1n) is 6.56. The molecule has 0 aromatic carbocycles. The predicted octanol–water partition coefficient (Wildman–Crippen LogP) is 1.17. The SMILES string of the molecule is CC(C)NCCCC(=O)NC(C)Cn1ccnc1. The molecule has 0 aliphatic rings. The Kier molecular flexibility index (Phi) is 6.43. The smallest absolute Gasteiger partial charge is 0.220 e. The van der Waals surface area contributed by atoms with Crippen LogP contribution < -0.4 is 10.6 Å². The van der Waals surface area contributed by atoms with E-state index in [1.807, 2.05) is 17.7 Å². The monoisotopic (exact) mass is 252 g/mol. The largest absolute Gasteiger partial charge is 0.352 e. The van der Waals surface area contributed by atoms with Gasteiger partial charge in [-0.1, -0.05) is 13.8 Å². The van der Waals surface area contributed by atoms with Crippen LogP contribution in [0.4, 0.5) is 0 Å². The van der Waals surface area contributed by atoms with Crippen LogP contribution in [-0.4, -0.2) is 34.1 Å². The van der Waals surface area contributed by atoms with Crippen molar-refractivity contribution < 1.29 is 4.79 Å². The molecule has 0 saturated heterocycles. The summed E-state index contributed by atoms with van der Waals surface area (Å²) in [7, 11) is 0. The molecule has 0 aliphatic carbocycles. The van der Waals surface area contributed by atoms with Gasteiger partial charge in [0.25, 0.3) is 0 Å². The highest BCUT2D eigenvalue weighted by atomic mass is 16.1. The molecule has 5 heteroatoms. The maximum absolute atomic E-state index is 11.7. The van der Waals surface area contributed by atoms with Crippen LogP contribution in [0.5, 0.6) is 0 Å². The third-order valence-corrected chi connectivity index (χ3v) is 2.58. The van der Waals surface area contributed by atoms with Crippen molar-refractivity contribution >= 4 is 5.91 Å². The van der Waals surface area contributed by atoms with E-state index in [9.17, 15) is 4.79 Å². The predicted molar refractivity (Wildman–Crippen MR) is 72.2 cm³/mol. The average Bonchev–Trinajstić information content (AvgIpc) is 2.76. The van der Waals surface area contributed by atoms with Gasteiger partial charge in [0.15, 0.2) is 0 Å². The molecule has 1 aromatic heterocycles. The number of carbonyl (C=O) groups is 1. The van der Waals surface area contributed by atoms with Gasteiger partial charge in [-0.2, -0.15) is 0 Å². The Hall–Kier alpha value is -1.36. The highest BCUT2D eigenvalue weighted by Gasteiger charge is 2.07. The summed E-state index contributed by atoms with van der Waals surface area (Å²) >= 11 is 0. The molecule has 2 N–H and O–H groups in total. The van der Waals surface area contributed by atoms with Gasteiger partial charge >= 0.3 is 0 Å². The summed E-state index contributed by atoms with van der Waals surface area (Å²) in [6.45, 7) is 7.86. The van der Waals surface area contributed by atoms with Crippen LogP contribution in [0.15, 0.2) is 18.7 Å². The van der Waals surface area contributed by atoms with E-state index in [2.05, 4.69) is 29.5 Å². The van der Waals surface area contributed by atoms with E-state index in [0.29, 0.717) is 12.5 Å². The standard InChI is InChI=1S/C13H24N4O/c1-11(2)15-6-4-5-13(18)16-12(3)9-17-8-7-14-10-17/h7-8,10-12,15H,4-6,9H2,1-3H3,(H,16,18). The van der Waals surface area contributed by atoms with E-state index in [0.717, 1.165) is 19.5 Å². The molecule has 0 bridgehead atoms. The third kappa shape index (κ3) is 6.39. The van der Waals surface area contributed by atoms with Gasteiger partial charge in [-0.15, -0.1) is 0 Å². The van der Waals surface area contributed by atoms with Gasteiger partial charge in [0.1, 0.15) is 0 Å². The maximum atomic E-state index is 11.7. The molecule has 1 amide bonds. The fourth-order valence-corrected chi connectivity index (χ4v) is 1.74. The number of nitrogens with zero attached hydrogens (tertiary/aromatic N) is 2. The van der Waals surface area contributed by atoms with Gasteiger partial charge in [-0.05, 0) is 19.9 Å². The number of carbonyl (C=O) groups excluding carboxylic acids is 1. The van der Waals surface area contributed by atoms with Gasteiger partial charge in [0, 0.05) is 37.4 Å². The van der Waals surface area contributed by atoms with Crippen molar-refractivity contribution in [3.05, 3.63) is 18.7 Å². The first-order valence-corrected chi connectivity index (χ1v) is 6.56. The van der Waals surface area contributed by atoms with Crippen molar-refractivity contribution in [1.82, 2.24) is 20.2 Å². The van der Waals surface area contributed by atoms with Gasteiger partial charge < -0.3 is 15.2 Å². The molecule has 1 unspecified atom stereocenters. The molecule has 1 rings (SSSR count). The Labute approximate surface area is 109 Å². The van der Waals surface area contributed by atoms with Crippen LogP contribution in [0.2, 0.25) is 0 Å². The number of nitrogens with one attached hydrogen (secondary N) is 2. The molecule has 0 spiro atoms. The minimum absolute atomic E-state index is 0.119. The fraction of sp³-hybridized carbons (Fsp3) is 0.692. The molecule has 1 aromatic rings. The molecule has 5 nitrogen and oxygen atoms in total. The number of hydrogen-bond donors (Lipinski definition) is 2. The molecule has 1 atom stereocenters. The minimum atomic E-state index is 0.119. The number of amides is 1. The number of hydrogen-bond acceptors (Lipinski definition) is 3. The third-order valence-electron chi connectivity index (χ3n) is 2.58. The maximum Gasteiger partial charge on any atom is 0.220 e. The van der Waals surface area contributed by atoms with E-state index in [1.165, 1.54) is 0 Å². The summed E-state index contributed by atoms with van der Waals surface area (Å²) in [6, 6.07) is 0.609. The molecule has 1 heterocycles. The molecular formula is C13H24N4O. The van der Waals surface area contributed by atoms with Gasteiger partial charge in [0.2, 0.25) is 5.91 Å². The van der Waals surface area contributed by atoms with Crippen molar-refractivity contribution in [1.29, 1.82) is 0 Å². The Morgan fingerprint density at radius 3 is 2.78 bits per heavy atom. The van der Waals surface area contributed by atoms with Crippen LogP contribution in [0, 0.1) is 0 Å². The summed E-state index contributed by atoms with van der Waals surface area (Å²) in [6.07, 6.45) is 6.85. The lowest BCUT2D eigenvalue weighted by Crippen LogP contribution is -2.35. The molecule has 102 valence electrons. The van der Waals surface area contributed by atoms with Crippen molar-refractivity contribution in [3.8, 4) is 0 Å². The summed E-state index contributed by atoms with van der Waals surface area (Å²) in [5.41, 5.74) is 0. The van der Waals surface area contributed by atoms with Crippen LogP contribution in [0.3, 0.4) is 0 Å². The Morgan fingerprint density at radius 1 is 1.39 bits per heavy atom. The van der Waals surface area contributed by atoms with E-state index < -0.39 is 0 Å². The lowest BCUT2D eigenvalue weighted by atomic mass is 10.2. The summed E-state index contributed by atoms with van der Waals surface area (Å²) < 4.78 is 1.96. The Bertz CT molecular complexity index is 335. The van der Waals surface area contributed by atoms with Crippen molar-refractivity contribution in [2.45, 2.75) is 52.2 Å². The highest BCUT2D eigenvalue weighted by Crippen LogP contribution is 1.94.